The predicted molar refractivity (Wildman–Crippen MR) is 86.6 cm³/mol. The number of carbonyl (C=O) groups is 1. The van der Waals surface area contributed by atoms with Crippen molar-refractivity contribution in [1.82, 2.24) is 5.32 Å². The van der Waals surface area contributed by atoms with Crippen LogP contribution in [0, 0.1) is 0 Å². The fraction of sp³-hybridized carbons (Fsp3) is 0.611. The van der Waals surface area contributed by atoms with Gasteiger partial charge in [0.25, 0.3) is 0 Å². The van der Waals surface area contributed by atoms with Crippen LogP contribution in [0.3, 0.4) is 0 Å². The lowest BCUT2D eigenvalue weighted by molar-refractivity contribution is -0.122. The number of fused-ring (bicyclic) bond motifs is 1. The zero-order valence-corrected chi connectivity index (χ0v) is 13.0. The standard InChI is InChI=1S/C18H26N2O/c1-2-11-18(12-6-13-19-18)17(21)20-16-10-5-8-14-7-3-4-9-15(14)16/h5,8,10,19H,2-4,6-7,9,11-13H2,1H3,(H,20,21). The van der Waals surface area contributed by atoms with Crippen molar-refractivity contribution in [3.8, 4) is 0 Å². The number of benzene rings is 1. The van der Waals surface area contributed by atoms with Crippen molar-refractivity contribution in [2.45, 2.75) is 63.8 Å². The number of anilines is 1. The zero-order chi connectivity index (χ0) is 14.7. The van der Waals surface area contributed by atoms with Gasteiger partial charge >= 0.3 is 0 Å². The zero-order valence-electron chi connectivity index (χ0n) is 13.0. The molecule has 1 aromatic rings. The highest BCUT2D eigenvalue weighted by Gasteiger charge is 2.40. The molecule has 3 heteroatoms. The summed E-state index contributed by atoms with van der Waals surface area (Å²) in [4.78, 5) is 12.8. The third-order valence-corrected chi connectivity index (χ3v) is 5.00. The molecule has 21 heavy (non-hydrogen) atoms. The van der Waals surface area contributed by atoms with Crippen LogP contribution in [0.2, 0.25) is 0 Å². The summed E-state index contributed by atoms with van der Waals surface area (Å²) in [5.41, 5.74) is 3.48. The van der Waals surface area contributed by atoms with Crippen molar-refractivity contribution < 1.29 is 4.79 Å². The smallest absolute Gasteiger partial charge is 0.244 e. The molecule has 0 saturated carbocycles. The van der Waals surface area contributed by atoms with Gasteiger partial charge in [0.1, 0.15) is 0 Å². The van der Waals surface area contributed by atoms with Crippen LogP contribution in [0.1, 0.15) is 56.6 Å². The molecule has 1 aromatic carbocycles. The van der Waals surface area contributed by atoms with E-state index in [0.29, 0.717) is 0 Å². The predicted octanol–water partition coefficient (Wildman–Crippen LogP) is 3.43. The van der Waals surface area contributed by atoms with Crippen LogP contribution in [0.15, 0.2) is 18.2 Å². The van der Waals surface area contributed by atoms with Gasteiger partial charge < -0.3 is 10.6 Å². The molecule has 114 valence electrons. The van der Waals surface area contributed by atoms with Gasteiger partial charge in [-0.1, -0.05) is 25.5 Å². The van der Waals surface area contributed by atoms with Gasteiger partial charge in [-0.2, -0.15) is 0 Å². The van der Waals surface area contributed by atoms with Gasteiger partial charge in [0, 0.05) is 5.69 Å². The van der Waals surface area contributed by atoms with Crippen LogP contribution >= 0.6 is 0 Å². The van der Waals surface area contributed by atoms with E-state index in [9.17, 15) is 4.79 Å². The summed E-state index contributed by atoms with van der Waals surface area (Å²) in [6.45, 7) is 3.11. The van der Waals surface area contributed by atoms with Crippen molar-refractivity contribution in [1.29, 1.82) is 0 Å². The van der Waals surface area contributed by atoms with Gasteiger partial charge in [-0.05, 0) is 68.7 Å². The molecule has 1 unspecified atom stereocenters. The lowest BCUT2D eigenvalue weighted by Gasteiger charge is -2.29. The summed E-state index contributed by atoms with van der Waals surface area (Å²) in [7, 11) is 0. The summed E-state index contributed by atoms with van der Waals surface area (Å²) < 4.78 is 0. The molecule has 1 fully saturated rings. The first-order valence-corrected chi connectivity index (χ1v) is 8.42. The van der Waals surface area contributed by atoms with Crippen LogP contribution in [0.5, 0.6) is 0 Å². The highest BCUT2D eigenvalue weighted by Crippen LogP contribution is 2.31. The Hall–Kier alpha value is -1.35. The number of aryl methyl sites for hydroxylation is 1. The average Bonchev–Trinajstić information content (AvgIpc) is 2.98. The minimum atomic E-state index is -0.341. The number of amides is 1. The summed E-state index contributed by atoms with van der Waals surface area (Å²) in [6, 6.07) is 6.35. The molecule has 1 aliphatic carbocycles. The van der Waals surface area contributed by atoms with Crippen molar-refractivity contribution in [3.05, 3.63) is 29.3 Å². The summed E-state index contributed by atoms with van der Waals surface area (Å²) in [5.74, 6) is 0.167. The maximum absolute atomic E-state index is 12.8. The highest BCUT2D eigenvalue weighted by molar-refractivity contribution is 5.99. The van der Waals surface area contributed by atoms with Crippen LogP contribution in [0.25, 0.3) is 0 Å². The molecule has 1 aliphatic heterocycles. The quantitative estimate of drug-likeness (QED) is 0.890. The Morgan fingerprint density at radius 2 is 2.14 bits per heavy atom. The first-order chi connectivity index (χ1) is 10.2. The topological polar surface area (TPSA) is 41.1 Å². The van der Waals surface area contributed by atoms with Crippen molar-refractivity contribution in [2.24, 2.45) is 0 Å². The second-order valence-electron chi connectivity index (χ2n) is 6.47. The fourth-order valence-corrected chi connectivity index (χ4v) is 3.89. The van der Waals surface area contributed by atoms with Gasteiger partial charge in [-0.3, -0.25) is 4.79 Å². The van der Waals surface area contributed by atoms with E-state index in [1.54, 1.807) is 0 Å². The molecule has 0 spiro atoms. The molecule has 1 heterocycles. The lowest BCUT2D eigenvalue weighted by Crippen LogP contribution is -2.50. The molecule has 0 radical (unpaired) electrons. The first-order valence-electron chi connectivity index (χ1n) is 8.42. The van der Waals surface area contributed by atoms with Gasteiger partial charge in [0.15, 0.2) is 0 Å². The van der Waals surface area contributed by atoms with E-state index in [1.165, 1.54) is 24.0 Å². The number of nitrogens with one attached hydrogen (secondary N) is 2. The van der Waals surface area contributed by atoms with Crippen molar-refractivity contribution in [2.75, 3.05) is 11.9 Å². The van der Waals surface area contributed by atoms with E-state index in [4.69, 9.17) is 0 Å². The minimum Gasteiger partial charge on any atom is -0.324 e. The Morgan fingerprint density at radius 3 is 2.90 bits per heavy atom. The van der Waals surface area contributed by atoms with Crippen LogP contribution in [-0.4, -0.2) is 18.0 Å². The Labute approximate surface area is 127 Å². The van der Waals surface area contributed by atoms with Crippen LogP contribution in [0.4, 0.5) is 5.69 Å². The third kappa shape index (κ3) is 2.84. The molecule has 2 aliphatic rings. The Bertz CT molecular complexity index is 518. The Balaban J connectivity index is 1.81. The van der Waals surface area contributed by atoms with E-state index in [2.05, 4.69) is 35.8 Å². The summed E-state index contributed by atoms with van der Waals surface area (Å²) in [6.07, 6.45) is 8.77. The normalized spacial score (nSPS) is 24.6. The first kappa shape index (κ1) is 14.6. The van der Waals surface area contributed by atoms with E-state index < -0.39 is 0 Å². The molecule has 0 bridgehead atoms. The van der Waals surface area contributed by atoms with E-state index >= 15 is 0 Å². The van der Waals surface area contributed by atoms with Crippen LogP contribution < -0.4 is 10.6 Å². The molecule has 1 amide bonds. The molecule has 3 nitrogen and oxygen atoms in total. The molecule has 3 rings (SSSR count). The monoisotopic (exact) mass is 286 g/mol. The van der Waals surface area contributed by atoms with Crippen LogP contribution in [-0.2, 0) is 17.6 Å². The second kappa shape index (κ2) is 6.18. The minimum absolute atomic E-state index is 0.167. The molecule has 1 atom stereocenters. The summed E-state index contributed by atoms with van der Waals surface area (Å²) in [5, 5.41) is 6.70. The van der Waals surface area contributed by atoms with Crippen molar-refractivity contribution in [3.63, 3.8) is 0 Å². The van der Waals surface area contributed by atoms with Gasteiger partial charge in [-0.25, -0.2) is 0 Å². The molecule has 1 saturated heterocycles. The average molecular weight is 286 g/mol. The van der Waals surface area contributed by atoms with E-state index in [0.717, 1.165) is 50.8 Å². The Morgan fingerprint density at radius 1 is 1.29 bits per heavy atom. The largest absolute Gasteiger partial charge is 0.324 e. The van der Waals surface area contributed by atoms with Gasteiger partial charge in [0.05, 0.1) is 5.54 Å². The SMILES string of the molecule is CCCC1(C(=O)Nc2cccc3c2CCCC3)CCCN1. The number of hydrogen-bond donors (Lipinski definition) is 2. The van der Waals surface area contributed by atoms with Crippen molar-refractivity contribution >= 4 is 11.6 Å². The molecular weight excluding hydrogens is 260 g/mol. The maximum atomic E-state index is 12.8. The lowest BCUT2D eigenvalue weighted by atomic mass is 9.88. The summed E-state index contributed by atoms with van der Waals surface area (Å²) >= 11 is 0. The second-order valence-corrected chi connectivity index (χ2v) is 6.47. The number of rotatable bonds is 4. The fourth-order valence-electron chi connectivity index (χ4n) is 3.89. The molecular formula is C18H26N2O. The van der Waals surface area contributed by atoms with E-state index in [1.807, 2.05) is 0 Å². The van der Waals surface area contributed by atoms with Gasteiger partial charge in [-0.15, -0.1) is 0 Å². The maximum Gasteiger partial charge on any atom is 0.244 e. The third-order valence-electron chi connectivity index (χ3n) is 5.00. The van der Waals surface area contributed by atoms with E-state index in [-0.39, 0.29) is 11.4 Å². The Kier molecular flexibility index (Phi) is 4.29. The number of carbonyl (C=O) groups excluding carboxylic acids is 1. The molecule has 0 aromatic heterocycles. The number of hydrogen-bond acceptors (Lipinski definition) is 2. The van der Waals surface area contributed by atoms with Gasteiger partial charge in [0.2, 0.25) is 5.91 Å². The highest BCUT2D eigenvalue weighted by atomic mass is 16.2. The molecule has 2 N–H and O–H groups in total.